The third kappa shape index (κ3) is 5.67. The third-order valence-corrected chi connectivity index (χ3v) is 2.67. The van der Waals surface area contributed by atoms with Gasteiger partial charge in [0.05, 0.1) is 6.10 Å². The number of nitrogens with zero attached hydrogens (tertiary/aromatic N) is 1. The molecule has 0 aliphatic carbocycles. The molecule has 0 amide bonds. The molecule has 5 nitrogen and oxygen atoms in total. The van der Waals surface area contributed by atoms with E-state index in [4.69, 9.17) is 16.0 Å². The zero-order valence-corrected chi connectivity index (χ0v) is 10.9. The Labute approximate surface area is 111 Å². The Balaban J connectivity index is 2.52. The van der Waals surface area contributed by atoms with Crippen LogP contribution >= 0.6 is 0 Å². The van der Waals surface area contributed by atoms with Crippen LogP contribution in [0.4, 0.5) is 4.39 Å². The molecule has 1 unspecified atom stereocenters. The summed E-state index contributed by atoms with van der Waals surface area (Å²) in [5, 5.41) is 23.7. The van der Waals surface area contributed by atoms with E-state index in [1.54, 1.807) is 13.0 Å². The molecular weight excluding hydrogens is 249 g/mol. The number of nitrogens with one attached hydrogen (secondary N) is 1. The zero-order chi connectivity index (χ0) is 14.3. The van der Waals surface area contributed by atoms with Crippen molar-refractivity contribution in [1.82, 2.24) is 5.32 Å². The molecule has 1 atom stereocenters. The number of oxime groups is 1. The smallest absolute Gasteiger partial charge is 0.170 e. The lowest BCUT2D eigenvalue weighted by Crippen LogP contribution is -2.18. The van der Waals surface area contributed by atoms with Gasteiger partial charge in [0.25, 0.3) is 0 Å². The van der Waals surface area contributed by atoms with E-state index in [1.165, 1.54) is 12.1 Å². The summed E-state index contributed by atoms with van der Waals surface area (Å²) >= 11 is 0. The van der Waals surface area contributed by atoms with Gasteiger partial charge < -0.3 is 21.4 Å². The Morgan fingerprint density at radius 1 is 1.47 bits per heavy atom. The quantitative estimate of drug-likeness (QED) is 0.197. The summed E-state index contributed by atoms with van der Waals surface area (Å²) in [4.78, 5) is 0. The summed E-state index contributed by atoms with van der Waals surface area (Å²) in [6.45, 7) is 2.97. The molecule has 0 aromatic heterocycles. The van der Waals surface area contributed by atoms with Gasteiger partial charge in [-0.2, -0.15) is 0 Å². The van der Waals surface area contributed by atoms with E-state index in [2.05, 4.69) is 10.5 Å². The zero-order valence-electron chi connectivity index (χ0n) is 10.9. The van der Waals surface area contributed by atoms with E-state index in [0.717, 1.165) is 24.9 Å². The maximum Gasteiger partial charge on any atom is 0.170 e. The second-order valence-corrected chi connectivity index (χ2v) is 4.50. The molecule has 0 bridgehead atoms. The van der Waals surface area contributed by atoms with Crippen molar-refractivity contribution in [3.05, 3.63) is 35.1 Å². The number of nitrogens with two attached hydrogens (primary N) is 1. The van der Waals surface area contributed by atoms with Gasteiger partial charge in [-0.25, -0.2) is 4.39 Å². The van der Waals surface area contributed by atoms with Gasteiger partial charge in [-0.1, -0.05) is 5.16 Å². The number of rotatable bonds is 7. The first-order valence-corrected chi connectivity index (χ1v) is 6.19. The third-order valence-electron chi connectivity index (χ3n) is 2.67. The minimum Gasteiger partial charge on any atom is -0.409 e. The van der Waals surface area contributed by atoms with Crippen LogP contribution < -0.4 is 11.1 Å². The molecule has 0 radical (unpaired) electrons. The Morgan fingerprint density at radius 2 is 2.21 bits per heavy atom. The number of benzene rings is 1. The lowest BCUT2D eigenvalue weighted by molar-refractivity contribution is 0.181. The average Bonchev–Trinajstić information content (AvgIpc) is 2.36. The first-order valence-electron chi connectivity index (χ1n) is 6.19. The molecule has 0 fully saturated rings. The van der Waals surface area contributed by atoms with Crippen LogP contribution in [0.2, 0.25) is 0 Å². The highest BCUT2D eigenvalue weighted by molar-refractivity contribution is 5.97. The number of hydrogen-bond acceptors (Lipinski definition) is 4. The second kappa shape index (κ2) is 7.70. The van der Waals surface area contributed by atoms with Crippen LogP contribution in [-0.4, -0.2) is 28.8 Å². The second-order valence-electron chi connectivity index (χ2n) is 4.50. The molecule has 0 saturated heterocycles. The number of hydrogen-bond donors (Lipinski definition) is 4. The van der Waals surface area contributed by atoms with Gasteiger partial charge in [0.1, 0.15) is 5.82 Å². The minimum atomic E-state index is -0.426. The molecule has 0 spiro atoms. The Bertz CT molecular complexity index is 436. The van der Waals surface area contributed by atoms with E-state index in [1.807, 2.05) is 0 Å². The lowest BCUT2D eigenvalue weighted by Gasteiger charge is -2.08. The standard InChI is InChI=1S/C13H20FN3O2/c1-9(18)3-2-4-16-8-10-5-11(13(15)17-19)7-12(14)6-10/h5-7,9,16,18-19H,2-4,8H2,1H3,(H2,15,17). The summed E-state index contributed by atoms with van der Waals surface area (Å²) in [5.74, 6) is -0.542. The monoisotopic (exact) mass is 269 g/mol. The predicted octanol–water partition coefficient (Wildman–Crippen LogP) is 1.17. The van der Waals surface area contributed by atoms with Gasteiger partial charge >= 0.3 is 0 Å². The predicted molar refractivity (Wildman–Crippen MR) is 71.5 cm³/mol. The molecule has 6 heteroatoms. The number of amidine groups is 1. The van der Waals surface area contributed by atoms with E-state index < -0.39 is 5.82 Å². The van der Waals surface area contributed by atoms with Gasteiger partial charge in [0.2, 0.25) is 0 Å². The number of aliphatic hydroxyl groups is 1. The van der Waals surface area contributed by atoms with Crippen LogP contribution in [0, 0.1) is 5.82 Å². The fraction of sp³-hybridized carbons (Fsp3) is 0.462. The van der Waals surface area contributed by atoms with Crippen molar-refractivity contribution in [2.75, 3.05) is 6.54 Å². The van der Waals surface area contributed by atoms with Crippen LogP contribution in [0.25, 0.3) is 0 Å². The van der Waals surface area contributed by atoms with Crippen molar-refractivity contribution >= 4 is 5.84 Å². The average molecular weight is 269 g/mol. The molecule has 0 aliphatic rings. The molecule has 0 heterocycles. The van der Waals surface area contributed by atoms with E-state index in [0.29, 0.717) is 12.1 Å². The van der Waals surface area contributed by atoms with E-state index in [-0.39, 0.29) is 11.9 Å². The van der Waals surface area contributed by atoms with Crippen LogP contribution in [-0.2, 0) is 6.54 Å². The molecule has 5 N–H and O–H groups in total. The van der Waals surface area contributed by atoms with Crippen molar-refractivity contribution < 1.29 is 14.7 Å². The van der Waals surface area contributed by atoms with Crippen molar-refractivity contribution in [3.8, 4) is 0 Å². The highest BCUT2D eigenvalue weighted by atomic mass is 19.1. The van der Waals surface area contributed by atoms with Crippen molar-refractivity contribution in [2.45, 2.75) is 32.4 Å². The lowest BCUT2D eigenvalue weighted by atomic mass is 10.1. The highest BCUT2D eigenvalue weighted by Gasteiger charge is 2.04. The SMILES string of the molecule is CC(O)CCCNCc1cc(F)cc(/C(N)=N/O)c1. The first-order chi connectivity index (χ1) is 9.02. The summed E-state index contributed by atoms with van der Waals surface area (Å²) < 4.78 is 13.4. The Hall–Kier alpha value is -1.66. The van der Waals surface area contributed by atoms with Gasteiger partial charge in [0.15, 0.2) is 5.84 Å². The molecule has 1 aromatic rings. The molecule has 0 saturated carbocycles. The van der Waals surface area contributed by atoms with E-state index >= 15 is 0 Å². The summed E-state index contributed by atoms with van der Waals surface area (Å²) in [5.41, 5.74) is 6.50. The molecule has 0 aliphatic heterocycles. The largest absolute Gasteiger partial charge is 0.409 e. The van der Waals surface area contributed by atoms with Crippen molar-refractivity contribution in [3.63, 3.8) is 0 Å². The van der Waals surface area contributed by atoms with Crippen LogP contribution in [0.5, 0.6) is 0 Å². The normalized spacial score (nSPS) is 13.5. The van der Waals surface area contributed by atoms with Crippen LogP contribution in [0.3, 0.4) is 0 Å². The summed E-state index contributed by atoms with van der Waals surface area (Å²) in [6, 6.07) is 4.28. The summed E-state index contributed by atoms with van der Waals surface area (Å²) in [6.07, 6.45) is 1.27. The minimum absolute atomic E-state index is 0.116. The molecule has 1 rings (SSSR count). The van der Waals surface area contributed by atoms with Gasteiger partial charge in [-0.3, -0.25) is 0 Å². The maximum absolute atomic E-state index is 13.4. The Kier molecular flexibility index (Phi) is 6.24. The topological polar surface area (TPSA) is 90.9 Å². The fourth-order valence-corrected chi connectivity index (χ4v) is 1.71. The fourth-order valence-electron chi connectivity index (χ4n) is 1.71. The van der Waals surface area contributed by atoms with E-state index in [9.17, 15) is 4.39 Å². The van der Waals surface area contributed by atoms with Gasteiger partial charge in [-0.15, -0.1) is 0 Å². The first kappa shape index (κ1) is 15.4. The van der Waals surface area contributed by atoms with Crippen LogP contribution in [0.1, 0.15) is 30.9 Å². The Morgan fingerprint density at radius 3 is 2.84 bits per heavy atom. The molecular formula is C13H20FN3O2. The van der Waals surface area contributed by atoms with Crippen molar-refractivity contribution in [2.24, 2.45) is 10.9 Å². The van der Waals surface area contributed by atoms with Gasteiger partial charge in [0, 0.05) is 12.1 Å². The number of halogens is 1. The molecule has 1 aromatic carbocycles. The number of aliphatic hydroxyl groups excluding tert-OH is 1. The molecule has 19 heavy (non-hydrogen) atoms. The van der Waals surface area contributed by atoms with Gasteiger partial charge in [-0.05, 0) is 50.1 Å². The molecule has 106 valence electrons. The maximum atomic E-state index is 13.4. The summed E-state index contributed by atoms with van der Waals surface area (Å²) in [7, 11) is 0. The van der Waals surface area contributed by atoms with Crippen LogP contribution in [0.15, 0.2) is 23.4 Å². The highest BCUT2D eigenvalue weighted by Crippen LogP contribution is 2.09. The van der Waals surface area contributed by atoms with Crippen molar-refractivity contribution in [1.29, 1.82) is 0 Å².